The molecule has 0 spiro atoms. The third-order valence-electron chi connectivity index (χ3n) is 1.84. The third kappa shape index (κ3) is 5.64. The predicted octanol–water partition coefficient (Wildman–Crippen LogP) is 1.13. The van der Waals surface area contributed by atoms with Crippen molar-refractivity contribution in [1.82, 2.24) is 5.32 Å². The van der Waals surface area contributed by atoms with E-state index < -0.39 is 0 Å². The van der Waals surface area contributed by atoms with Gasteiger partial charge in [-0.3, -0.25) is 4.79 Å². The van der Waals surface area contributed by atoms with Crippen LogP contribution in [0, 0.1) is 11.8 Å². The number of nitrogens with two attached hydrogens (primary N) is 1. The fourth-order valence-electron chi connectivity index (χ4n) is 1.28. The number of carbonyl (C=O) groups is 1. The monoisotopic (exact) mass is 186 g/mol. The fourth-order valence-corrected chi connectivity index (χ4v) is 1.28. The van der Waals surface area contributed by atoms with Gasteiger partial charge in [0.1, 0.15) is 0 Å². The van der Waals surface area contributed by atoms with Crippen LogP contribution in [0.3, 0.4) is 0 Å². The molecule has 78 valence electrons. The summed E-state index contributed by atoms with van der Waals surface area (Å²) < 4.78 is 0. The Morgan fingerprint density at radius 2 is 1.85 bits per heavy atom. The Kier molecular flexibility index (Phi) is 5.71. The van der Waals surface area contributed by atoms with E-state index in [1.807, 2.05) is 13.8 Å². The van der Waals surface area contributed by atoms with Crippen LogP contribution in [0.5, 0.6) is 0 Å². The average Bonchev–Trinajstić information content (AvgIpc) is 1.98. The summed E-state index contributed by atoms with van der Waals surface area (Å²) in [5.41, 5.74) is 5.54. The van der Waals surface area contributed by atoms with Crippen LogP contribution in [0.15, 0.2) is 0 Å². The van der Waals surface area contributed by atoms with E-state index in [1.165, 1.54) is 0 Å². The van der Waals surface area contributed by atoms with E-state index in [2.05, 4.69) is 19.2 Å². The zero-order valence-corrected chi connectivity index (χ0v) is 9.13. The third-order valence-corrected chi connectivity index (χ3v) is 1.84. The van der Waals surface area contributed by atoms with Gasteiger partial charge in [0.05, 0.1) is 5.92 Å². The van der Waals surface area contributed by atoms with Crippen LogP contribution >= 0.6 is 0 Å². The molecule has 0 aromatic heterocycles. The second-order valence-electron chi connectivity index (χ2n) is 4.23. The second-order valence-corrected chi connectivity index (χ2v) is 4.23. The van der Waals surface area contributed by atoms with Crippen molar-refractivity contribution in [3.63, 3.8) is 0 Å². The molecule has 0 bridgehead atoms. The fraction of sp³-hybridized carbons (Fsp3) is 0.900. The van der Waals surface area contributed by atoms with E-state index in [-0.39, 0.29) is 17.9 Å². The summed E-state index contributed by atoms with van der Waals surface area (Å²) in [6.45, 7) is 8.56. The highest BCUT2D eigenvalue weighted by Crippen LogP contribution is 2.10. The van der Waals surface area contributed by atoms with E-state index in [0.717, 1.165) is 6.42 Å². The largest absolute Gasteiger partial charge is 0.354 e. The molecule has 0 fully saturated rings. The minimum absolute atomic E-state index is 0.0256. The number of hydrogen-bond acceptors (Lipinski definition) is 2. The first kappa shape index (κ1) is 12.4. The smallest absolute Gasteiger partial charge is 0.224 e. The molecule has 3 nitrogen and oxygen atoms in total. The molecule has 0 radical (unpaired) electrons. The Hall–Kier alpha value is -0.570. The van der Waals surface area contributed by atoms with E-state index in [4.69, 9.17) is 5.73 Å². The molecule has 1 atom stereocenters. The summed E-state index contributed by atoms with van der Waals surface area (Å²) in [6, 6.07) is 0.203. The zero-order chi connectivity index (χ0) is 10.4. The van der Waals surface area contributed by atoms with Crippen molar-refractivity contribution >= 4 is 5.91 Å². The van der Waals surface area contributed by atoms with Gasteiger partial charge >= 0.3 is 0 Å². The summed E-state index contributed by atoms with van der Waals surface area (Å²) in [6.07, 6.45) is 0.870. The molecule has 1 amide bonds. The van der Waals surface area contributed by atoms with Crippen LogP contribution in [-0.2, 0) is 4.79 Å². The Bertz CT molecular complexity index is 155. The van der Waals surface area contributed by atoms with Crippen LogP contribution in [0.2, 0.25) is 0 Å². The van der Waals surface area contributed by atoms with Crippen molar-refractivity contribution in [3.05, 3.63) is 0 Å². The lowest BCUT2D eigenvalue weighted by Crippen LogP contribution is -2.39. The van der Waals surface area contributed by atoms with Crippen LogP contribution in [0.25, 0.3) is 0 Å². The van der Waals surface area contributed by atoms with Crippen molar-refractivity contribution in [2.24, 2.45) is 17.6 Å². The van der Waals surface area contributed by atoms with Gasteiger partial charge in [-0.15, -0.1) is 0 Å². The second kappa shape index (κ2) is 5.97. The normalized spacial score (nSPS) is 13.5. The van der Waals surface area contributed by atoms with Crippen molar-refractivity contribution in [3.8, 4) is 0 Å². The summed E-state index contributed by atoms with van der Waals surface area (Å²) in [5, 5.41) is 2.88. The van der Waals surface area contributed by atoms with Crippen molar-refractivity contribution in [2.75, 3.05) is 6.54 Å². The Morgan fingerprint density at radius 3 is 2.15 bits per heavy atom. The minimum atomic E-state index is -0.0256. The number of amides is 1. The topological polar surface area (TPSA) is 55.1 Å². The number of nitrogens with one attached hydrogen (secondary N) is 1. The van der Waals surface area contributed by atoms with Gasteiger partial charge in [-0.2, -0.15) is 0 Å². The van der Waals surface area contributed by atoms with Crippen molar-refractivity contribution in [1.29, 1.82) is 0 Å². The van der Waals surface area contributed by atoms with Crippen LogP contribution in [-0.4, -0.2) is 18.5 Å². The van der Waals surface area contributed by atoms with Crippen molar-refractivity contribution < 1.29 is 4.79 Å². The molecular formula is C10H22N2O. The molecule has 0 aliphatic heterocycles. The lowest BCUT2D eigenvalue weighted by Gasteiger charge is -2.18. The van der Waals surface area contributed by atoms with Gasteiger partial charge in [0, 0.05) is 12.6 Å². The maximum atomic E-state index is 11.5. The number of carbonyl (C=O) groups excluding carboxylic acids is 1. The molecule has 0 saturated carbocycles. The SMILES string of the molecule is CC(C)CC(CN)C(=O)NC(C)C. The first-order valence-corrected chi connectivity index (χ1v) is 4.97. The van der Waals surface area contributed by atoms with E-state index in [1.54, 1.807) is 0 Å². The van der Waals surface area contributed by atoms with Gasteiger partial charge in [-0.25, -0.2) is 0 Å². The standard InChI is InChI=1S/C10H22N2O/c1-7(2)5-9(6-11)10(13)12-8(3)4/h7-9H,5-6,11H2,1-4H3,(H,12,13). The molecule has 13 heavy (non-hydrogen) atoms. The summed E-state index contributed by atoms with van der Waals surface area (Å²) in [7, 11) is 0. The van der Waals surface area contributed by atoms with E-state index in [9.17, 15) is 4.79 Å². The van der Waals surface area contributed by atoms with Gasteiger partial charge in [-0.1, -0.05) is 13.8 Å². The molecule has 3 N–H and O–H groups in total. The lowest BCUT2D eigenvalue weighted by molar-refractivity contribution is -0.125. The highest BCUT2D eigenvalue weighted by atomic mass is 16.1. The molecule has 0 aliphatic rings. The lowest BCUT2D eigenvalue weighted by atomic mass is 9.96. The van der Waals surface area contributed by atoms with Gasteiger partial charge in [0.15, 0.2) is 0 Å². The predicted molar refractivity (Wildman–Crippen MR) is 55.3 cm³/mol. The quantitative estimate of drug-likeness (QED) is 0.676. The maximum absolute atomic E-state index is 11.5. The molecular weight excluding hydrogens is 164 g/mol. The molecule has 0 aliphatic carbocycles. The Balaban J connectivity index is 3.99. The molecule has 0 aromatic carbocycles. The summed E-state index contributed by atoms with van der Waals surface area (Å²) in [4.78, 5) is 11.5. The van der Waals surface area contributed by atoms with Gasteiger partial charge in [0.2, 0.25) is 5.91 Å². The first-order valence-electron chi connectivity index (χ1n) is 4.97. The Morgan fingerprint density at radius 1 is 1.31 bits per heavy atom. The number of rotatable bonds is 5. The highest BCUT2D eigenvalue weighted by molar-refractivity contribution is 5.79. The highest BCUT2D eigenvalue weighted by Gasteiger charge is 2.18. The zero-order valence-electron chi connectivity index (χ0n) is 9.13. The van der Waals surface area contributed by atoms with Gasteiger partial charge in [-0.05, 0) is 26.2 Å². The molecule has 0 aromatic rings. The van der Waals surface area contributed by atoms with E-state index >= 15 is 0 Å². The summed E-state index contributed by atoms with van der Waals surface area (Å²) in [5.74, 6) is 0.583. The maximum Gasteiger partial charge on any atom is 0.224 e. The molecule has 0 saturated heterocycles. The Labute approximate surface area is 81.1 Å². The van der Waals surface area contributed by atoms with Crippen LogP contribution < -0.4 is 11.1 Å². The van der Waals surface area contributed by atoms with Gasteiger partial charge < -0.3 is 11.1 Å². The van der Waals surface area contributed by atoms with Crippen LogP contribution in [0.4, 0.5) is 0 Å². The average molecular weight is 186 g/mol. The number of hydrogen-bond donors (Lipinski definition) is 2. The van der Waals surface area contributed by atoms with Crippen LogP contribution in [0.1, 0.15) is 34.1 Å². The molecule has 0 heterocycles. The van der Waals surface area contributed by atoms with Crippen molar-refractivity contribution in [2.45, 2.75) is 40.2 Å². The van der Waals surface area contributed by atoms with Gasteiger partial charge in [0.25, 0.3) is 0 Å². The molecule has 0 rings (SSSR count). The molecule has 3 heteroatoms. The molecule has 1 unspecified atom stereocenters. The minimum Gasteiger partial charge on any atom is -0.354 e. The summed E-state index contributed by atoms with van der Waals surface area (Å²) >= 11 is 0. The van der Waals surface area contributed by atoms with E-state index in [0.29, 0.717) is 12.5 Å². The first-order chi connectivity index (χ1) is 5.97.